The molecule has 0 aliphatic rings. The Hall–Kier alpha value is -0.860. The maximum Gasteiger partial charge on any atom is 1.00 e. The van der Waals surface area contributed by atoms with Crippen LogP contribution in [0.5, 0.6) is 0 Å². The van der Waals surface area contributed by atoms with Crippen LogP contribution in [-0.2, 0) is 14.9 Å². The minimum absolute atomic E-state index is 0. The Labute approximate surface area is 140 Å². The molecule has 1 rings (SSSR count). The number of hydrogen-bond donors (Lipinski definition) is 2. The second-order valence-electron chi connectivity index (χ2n) is 4.24. The summed E-state index contributed by atoms with van der Waals surface area (Å²) in [5.41, 5.74) is 6.25. The number of anilines is 2. The number of benzene rings is 1. The van der Waals surface area contributed by atoms with Gasteiger partial charge >= 0.3 is 29.6 Å². The molecule has 3 N–H and O–H groups in total. The average Bonchev–Trinajstić information content (AvgIpc) is 2.29. The molecule has 0 spiro atoms. The van der Waals surface area contributed by atoms with Crippen molar-refractivity contribution < 1.29 is 47.3 Å². The fourth-order valence-corrected chi connectivity index (χ4v) is 2.56. The Morgan fingerprint density at radius 2 is 2.00 bits per heavy atom. The summed E-state index contributed by atoms with van der Waals surface area (Å²) in [6.45, 7) is 6.70. The molecule has 0 aliphatic heterocycles. The van der Waals surface area contributed by atoms with Crippen LogP contribution < -0.4 is 40.6 Å². The van der Waals surface area contributed by atoms with Gasteiger partial charge in [-0.05, 0) is 29.7 Å². The standard InChI is InChI=1S/C12H16N2O4S.Na/c1-4-10(15)14-12-8(13)5-6-9(19(16,17)18)11(12)7(2)3;/h4-7H,1,13H2,2-3H3,(H,14,15)(H,16,17,18);/q;+1/p-1. The van der Waals surface area contributed by atoms with Gasteiger partial charge in [0.1, 0.15) is 10.1 Å². The smallest absolute Gasteiger partial charge is 0.744 e. The van der Waals surface area contributed by atoms with Gasteiger partial charge in [-0.3, -0.25) is 4.79 Å². The van der Waals surface area contributed by atoms with Crippen LogP contribution in [0.4, 0.5) is 11.4 Å². The van der Waals surface area contributed by atoms with Gasteiger partial charge in [0.25, 0.3) is 0 Å². The molecule has 0 saturated carbocycles. The largest absolute Gasteiger partial charge is 1.00 e. The molecule has 0 bridgehead atoms. The third-order valence-electron chi connectivity index (χ3n) is 2.52. The van der Waals surface area contributed by atoms with E-state index in [0.717, 1.165) is 12.1 Å². The van der Waals surface area contributed by atoms with Crippen LogP contribution in [0, 0.1) is 0 Å². The molecule has 0 radical (unpaired) electrons. The zero-order valence-electron chi connectivity index (χ0n) is 11.6. The minimum Gasteiger partial charge on any atom is -0.744 e. The maximum absolute atomic E-state index is 11.4. The summed E-state index contributed by atoms with van der Waals surface area (Å²) in [7, 11) is -4.64. The predicted molar refractivity (Wildman–Crippen MR) is 71.7 cm³/mol. The van der Waals surface area contributed by atoms with Crippen molar-refractivity contribution in [1.82, 2.24) is 0 Å². The predicted octanol–water partition coefficient (Wildman–Crippen LogP) is -1.58. The van der Waals surface area contributed by atoms with E-state index in [4.69, 9.17) is 5.73 Å². The van der Waals surface area contributed by atoms with Crippen molar-refractivity contribution in [3.8, 4) is 0 Å². The number of nitrogen functional groups attached to an aromatic ring is 1. The first-order valence-corrected chi connectivity index (χ1v) is 6.91. The second kappa shape index (κ2) is 7.24. The fourth-order valence-electron chi connectivity index (χ4n) is 1.72. The van der Waals surface area contributed by atoms with E-state index in [9.17, 15) is 17.8 Å². The van der Waals surface area contributed by atoms with Crippen LogP contribution in [0.15, 0.2) is 29.7 Å². The molecule has 0 fully saturated rings. The van der Waals surface area contributed by atoms with Crippen LogP contribution in [0.25, 0.3) is 0 Å². The normalized spacial score (nSPS) is 10.8. The summed E-state index contributed by atoms with van der Waals surface area (Å²) in [4.78, 5) is 11.0. The van der Waals surface area contributed by atoms with Crippen molar-refractivity contribution in [3.05, 3.63) is 30.4 Å². The van der Waals surface area contributed by atoms with Gasteiger partial charge in [0, 0.05) is 0 Å². The molecule has 8 heteroatoms. The van der Waals surface area contributed by atoms with Gasteiger partial charge in [-0.1, -0.05) is 20.4 Å². The van der Waals surface area contributed by atoms with Gasteiger partial charge in [0.15, 0.2) is 0 Å². The Kier molecular flexibility index (Phi) is 6.92. The quantitative estimate of drug-likeness (QED) is 0.302. The van der Waals surface area contributed by atoms with E-state index in [1.807, 2.05) is 0 Å². The molecule has 1 aromatic carbocycles. The number of nitrogens with two attached hydrogens (primary N) is 1. The fraction of sp³-hybridized carbons (Fsp3) is 0.250. The van der Waals surface area contributed by atoms with Crippen LogP contribution in [0.2, 0.25) is 0 Å². The van der Waals surface area contributed by atoms with E-state index in [2.05, 4.69) is 11.9 Å². The molecule has 20 heavy (non-hydrogen) atoms. The number of carbonyl (C=O) groups is 1. The first-order valence-electron chi connectivity index (χ1n) is 5.50. The Bertz CT molecular complexity index is 627. The monoisotopic (exact) mass is 306 g/mol. The van der Waals surface area contributed by atoms with E-state index in [-0.39, 0.29) is 57.3 Å². The number of hydrogen-bond acceptors (Lipinski definition) is 5. The molecular formula is C12H15N2NaO4S. The summed E-state index contributed by atoms with van der Waals surface area (Å²) in [5, 5.41) is 2.44. The summed E-state index contributed by atoms with van der Waals surface area (Å²) in [5.74, 6) is -0.837. The minimum atomic E-state index is -4.64. The maximum atomic E-state index is 11.4. The van der Waals surface area contributed by atoms with Crippen LogP contribution in [-0.4, -0.2) is 18.9 Å². The van der Waals surface area contributed by atoms with Crippen LogP contribution >= 0.6 is 0 Å². The molecule has 0 unspecified atom stereocenters. The van der Waals surface area contributed by atoms with Crippen LogP contribution in [0.1, 0.15) is 25.3 Å². The van der Waals surface area contributed by atoms with Crippen molar-refractivity contribution in [1.29, 1.82) is 0 Å². The van der Waals surface area contributed by atoms with Crippen molar-refractivity contribution in [2.75, 3.05) is 11.1 Å². The van der Waals surface area contributed by atoms with Gasteiger partial charge in [0.2, 0.25) is 5.91 Å². The second-order valence-corrected chi connectivity index (χ2v) is 5.59. The number of carbonyl (C=O) groups excluding carboxylic acids is 1. The SMILES string of the molecule is C=CC(=O)Nc1c(N)ccc(S(=O)(=O)[O-])c1C(C)C.[Na+]. The van der Waals surface area contributed by atoms with Crippen molar-refractivity contribution in [2.45, 2.75) is 24.7 Å². The third-order valence-corrected chi connectivity index (χ3v) is 3.41. The van der Waals surface area contributed by atoms with Crippen LogP contribution in [0.3, 0.4) is 0 Å². The van der Waals surface area contributed by atoms with E-state index >= 15 is 0 Å². The number of nitrogens with one attached hydrogen (secondary N) is 1. The Morgan fingerprint density at radius 1 is 1.45 bits per heavy atom. The van der Waals surface area contributed by atoms with Gasteiger partial charge in [0.05, 0.1) is 16.3 Å². The summed E-state index contributed by atoms with van der Waals surface area (Å²) >= 11 is 0. The molecule has 0 aromatic heterocycles. The van der Waals surface area contributed by atoms with E-state index in [1.165, 1.54) is 6.07 Å². The zero-order valence-corrected chi connectivity index (χ0v) is 14.5. The van der Waals surface area contributed by atoms with E-state index in [0.29, 0.717) is 0 Å². The molecule has 0 heterocycles. The molecule has 1 amide bonds. The average molecular weight is 306 g/mol. The van der Waals surface area contributed by atoms with Crippen molar-refractivity contribution >= 4 is 27.4 Å². The topological polar surface area (TPSA) is 112 Å². The van der Waals surface area contributed by atoms with Crippen molar-refractivity contribution in [3.63, 3.8) is 0 Å². The molecule has 104 valence electrons. The summed E-state index contributed by atoms with van der Waals surface area (Å²) in [6, 6.07) is 2.42. The van der Waals surface area contributed by atoms with Gasteiger partial charge in [-0.2, -0.15) is 0 Å². The Balaban J connectivity index is 0.00000361. The first kappa shape index (κ1) is 19.1. The van der Waals surface area contributed by atoms with Crippen molar-refractivity contribution in [2.24, 2.45) is 0 Å². The molecular weight excluding hydrogens is 291 g/mol. The van der Waals surface area contributed by atoms with Gasteiger partial charge in [-0.25, -0.2) is 8.42 Å². The number of rotatable bonds is 4. The third kappa shape index (κ3) is 4.32. The number of amides is 1. The zero-order chi connectivity index (χ0) is 14.8. The first-order chi connectivity index (χ1) is 8.68. The molecule has 6 nitrogen and oxygen atoms in total. The summed E-state index contributed by atoms with van der Waals surface area (Å²) < 4.78 is 33.7. The molecule has 0 saturated heterocycles. The summed E-state index contributed by atoms with van der Waals surface area (Å²) in [6.07, 6.45) is 1.03. The van der Waals surface area contributed by atoms with Gasteiger partial charge < -0.3 is 15.6 Å². The molecule has 0 aliphatic carbocycles. The molecule has 1 aromatic rings. The Morgan fingerprint density at radius 3 is 2.40 bits per heavy atom. The van der Waals surface area contributed by atoms with E-state index in [1.54, 1.807) is 13.8 Å². The van der Waals surface area contributed by atoms with E-state index < -0.39 is 16.0 Å². The molecule has 0 atom stereocenters. The van der Waals surface area contributed by atoms with Gasteiger partial charge in [-0.15, -0.1) is 0 Å².